The zero-order valence-corrected chi connectivity index (χ0v) is 15.8. The first-order valence-corrected chi connectivity index (χ1v) is 9.38. The maximum absolute atomic E-state index is 12.8. The molecule has 0 saturated heterocycles. The van der Waals surface area contributed by atoms with Gasteiger partial charge in [-0.25, -0.2) is 4.98 Å². The van der Waals surface area contributed by atoms with E-state index in [-0.39, 0.29) is 22.3 Å². The number of rotatable bonds is 4. The van der Waals surface area contributed by atoms with Gasteiger partial charge in [-0.3, -0.25) is 4.40 Å². The van der Waals surface area contributed by atoms with Crippen LogP contribution in [0.3, 0.4) is 0 Å². The van der Waals surface area contributed by atoms with Crippen molar-refractivity contribution < 1.29 is 23.0 Å². The Bertz CT molecular complexity index is 1030. The van der Waals surface area contributed by atoms with E-state index in [1.807, 2.05) is 0 Å². The summed E-state index contributed by atoms with van der Waals surface area (Å²) in [5.41, 5.74) is 0.671. The molecule has 1 fully saturated rings. The van der Waals surface area contributed by atoms with Crippen LogP contribution in [0.15, 0.2) is 30.7 Å². The van der Waals surface area contributed by atoms with Crippen LogP contribution in [0.25, 0.3) is 16.8 Å². The molecule has 154 valence electrons. The Labute approximate surface area is 168 Å². The van der Waals surface area contributed by atoms with Crippen LogP contribution in [0, 0.1) is 0 Å². The maximum atomic E-state index is 12.8. The lowest BCUT2D eigenvalue weighted by Gasteiger charge is -2.28. The number of nitrogens with zero attached hydrogens (tertiary/aromatic N) is 4. The lowest BCUT2D eigenvalue weighted by Crippen LogP contribution is -2.37. The molecule has 2 atom stereocenters. The van der Waals surface area contributed by atoms with Gasteiger partial charge in [-0.15, -0.1) is 23.4 Å². The summed E-state index contributed by atoms with van der Waals surface area (Å²) < 4.78 is 44.2. The van der Waals surface area contributed by atoms with E-state index in [2.05, 4.69) is 25.2 Å². The molecule has 2 heterocycles. The number of ether oxygens (including phenoxy) is 1. The molecule has 3 aromatic rings. The highest BCUT2D eigenvalue weighted by molar-refractivity contribution is 6.30. The van der Waals surface area contributed by atoms with Crippen LogP contribution < -0.4 is 10.1 Å². The van der Waals surface area contributed by atoms with Gasteiger partial charge >= 0.3 is 6.36 Å². The molecule has 29 heavy (non-hydrogen) atoms. The van der Waals surface area contributed by atoms with Crippen LogP contribution >= 0.6 is 11.6 Å². The van der Waals surface area contributed by atoms with Gasteiger partial charge in [-0.1, -0.05) is 24.4 Å². The van der Waals surface area contributed by atoms with E-state index < -0.39 is 18.2 Å². The number of halogens is 4. The number of hydrogen-bond donors (Lipinski definition) is 2. The van der Waals surface area contributed by atoms with E-state index in [0.29, 0.717) is 17.9 Å². The van der Waals surface area contributed by atoms with Crippen molar-refractivity contribution in [1.82, 2.24) is 19.6 Å². The number of hydrogen-bond acceptors (Lipinski definition) is 6. The van der Waals surface area contributed by atoms with Crippen molar-refractivity contribution in [3.05, 3.63) is 35.7 Å². The van der Waals surface area contributed by atoms with Gasteiger partial charge in [0.2, 0.25) is 5.95 Å². The monoisotopic (exact) mass is 427 g/mol. The van der Waals surface area contributed by atoms with Crippen molar-refractivity contribution in [1.29, 1.82) is 0 Å². The average molecular weight is 428 g/mol. The highest BCUT2D eigenvalue weighted by Crippen LogP contribution is 2.37. The van der Waals surface area contributed by atoms with Crippen LogP contribution in [0.4, 0.5) is 19.1 Å². The number of aromatic nitrogens is 4. The van der Waals surface area contributed by atoms with Crippen LogP contribution in [-0.2, 0) is 0 Å². The third kappa shape index (κ3) is 4.23. The quantitative estimate of drug-likeness (QED) is 0.653. The number of fused-ring (bicyclic) bond motifs is 1. The fraction of sp³-hybridized carbons (Fsp3) is 0.389. The van der Waals surface area contributed by atoms with Gasteiger partial charge in [0.05, 0.1) is 23.9 Å². The molecule has 1 aromatic carbocycles. The number of alkyl halides is 3. The highest BCUT2D eigenvalue weighted by Gasteiger charge is 2.33. The molecule has 0 unspecified atom stereocenters. The second kappa shape index (κ2) is 7.68. The highest BCUT2D eigenvalue weighted by atomic mass is 35.5. The minimum atomic E-state index is -4.89. The SMILES string of the molecule is O[C@@H]1CCCC[C@H]1Nc1nnc(-c2ccc(Cl)cc2OC(F)(F)F)c2cncn12. The van der Waals surface area contributed by atoms with Crippen molar-refractivity contribution in [3.8, 4) is 17.0 Å². The lowest BCUT2D eigenvalue weighted by atomic mass is 9.93. The molecule has 0 bridgehead atoms. The van der Waals surface area contributed by atoms with Gasteiger partial charge < -0.3 is 15.2 Å². The second-order valence-electron chi connectivity index (χ2n) is 6.81. The normalized spacial score (nSPS) is 20.0. The third-order valence-electron chi connectivity index (χ3n) is 4.82. The summed E-state index contributed by atoms with van der Waals surface area (Å²) in [5, 5.41) is 21.7. The summed E-state index contributed by atoms with van der Waals surface area (Å²) in [7, 11) is 0. The predicted molar refractivity (Wildman–Crippen MR) is 99.8 cm³/mol. The molecule has 0 spiro atoms. The number of anilines is 1. The minimum absolute atomic E-state index is 0.0778. The molecular formula is C18H17ClF3N5O2. The second-order valence-corrected chi connectivity index (χ2v) is 7.25. The first-order chi connectivity index (χ1) is 13.8. The van der Waals surface area contributed by atoms with Gasteiger partial charge in [-0.2, -0.15) is 0 Å². The third-order valence-corrected chi connectivity index (χ3v) is 5.06. The number of aliphatic hydroxyl groups is 1. The van der Waals surface area contributed by atoms with Crippen LogP contribution in [0.2, 0.25) is 5.02 Å². The van der Waals surface area contributed by atoms with Gasteiger partial charge in [0, 0.05) is 10.6 Å². The van der Waals surface area contributed by atoms with E-state index in [4.69, 9.17) is 11.6 Å². The summed E-state index contributed by atoms with van der Waals surface area (Å²) in [6, 6.07) is 3.72. The Hall–Kier alpha value is -2.59. The zero-order chi connectivity index (χ0) is 20.6. The molecule has 0 aliphatic heterocycles. The number of aliphatic hydroxyl groups excluding tert-OH is 1. The fourth-order valence-corrected chi connectivity index (χ4v) is 3.63. The van der Waals surface area contributed by atoms with Crippen LogP contribution in [0.5, 0.6) is 5.75 Å². The number of nitrogens with one attached hydrogen (secondary N) is 1. The van der Waals surface area contributed by atoms with E-state index in [0.717, 1.165) is 25.3 Å². The molecule has 11 heteroatoms. The predicted octanol–water partition coefficient (Wildman–Crippen LogP) is 4.06. The van der Waals surface area contributed by atoms with E-state index in [1.54, 1.807) is 4.40 Å². The maximum Gasteiger partial charge on any atom is 0.573 e. The van der Waals surface area contributed by atoms with Crippen molar-refractivity contribution in [2.75, 3.05) is 5.32 Å². The van der Waals surface area contributed by atoms with E-state index >= 15 is 0 Å². The van der Waals surface area contributed by atoms with Gasteiger partial charge in [0.25, 0.3) is 0 Å². The van der Waals surface area contributed by atoms with Crippen molar-refractivity contribution in [2.45, 2.75) is 44.2 Å². The minimum Gasteiger partial charge on any atom is -0.405 e. The first kappa shape index (κ1) is 19.7. The molecule has 1 aliphatic carbocycles. The summed E-state index contributed by atoms with van der Waals surface area (Å²) in [5.74, 6) is -0.134. The Morgan fingerprint density at radius 3 is 2.76 bits per heavy atom. The standard InChI is InChI=1S/C18H17ClF3N5O2/c19-10-5-6-11(15(7-10)29-18(20,21)22)16-13-8-23-9-27(13)17(26-25-16)24-12-3-1-2-4-14(12)28/h5-9,12,14,28H,1-4H2,(H,24,26)/t12-,14-/m1/s1. The van der Waals surface area contributed by atoms with Crippen molar-refractivity contribution >= 4 is 23.1 Å². The van der Waals surface area contributed by atoms with Crippen molar-refractivity contribution in [2.24, 2.45) is 0 Å². The van der Waals surface area contributed by atoms with Crippen LogP contribution in [0.1, 0.15) is 25.7 Å². The molecular weight excluding hydrogens is 411 g/mol. The topological polar surface area (TPSA) is 84.6 Å². The van der Waals surface area contributed by atoms with Gasteiger partial charge in [0.1, 0.15) is 17.8 Å². The summed E-state index contributed by atoms with van der Waals surface area (Å²) in [6.45, 7) is 0. The molecule has 2 aromatic heterocycles. The molecule has 0 amide bonds. The fourth-order valence-electron chi connectivity index (χ4n) is 3.47. The number of imidazole rings is 1. The zero-order valence-electron chi connectivity index (χ0n) is 15.0. The Balaban J connectivity index is 1.74. The van der Waals surface area contributed by atoms with Gasteiger partial charge in [-0.05, 0) is 31.0 Å². The summed E-state index contributed by atoms with van der Waals surface area (Å²) >= 11 is 5.84. The van der Waals surface area contributed by atoms with E-state index in [1.165, 1.54) is 24.7 Å². The van der Waals surface area contributed by atoms with Crippen LogP contribution in [-0.4, -0.2) is 43.2 Å². The summed E-state index contributed by atoms with van der Waals surface area (Å²) in [4.78, 5) is 4.07. The molecule has 1 aliphatic rings. The lowest BCUT2D eigenvalue weighted by molar-refractivity contribution is -0.274. The largest absolute Gasteiger partial charge is 0.573 e. The Morgan fingerprint density at radius 2 is 2.00 bits per heavy atom. The summed E-state index contributed by atoms with van der Waals surface area (Å²) in [6.07, 6.45) is 0.970. The molecule has 4 rings (SSSR count). The molecule has 7 nitrogen and oxygen atoms in total. The molecule has 2 N–H and O–H groups in total. The Morgan fingerprint density at radius 1 is 1.21 bits per heavy atom. The average Bonchev–Trinajstić information content (AvgIpc) is 3.13. The van der Waals surface area contributed by atoms with E-state index in [9.17, 15) is 18.3 Å². The Kier molecular flexibility index (Phi) is 5.22. The van der Waals surface area contributed by atoms with Gasteiger partial charge in [0.15, 0.2) is 0 Å². The first-order valence-electron chi connectivity index (χ1n) is 9.01. The number of benzene rings is 1. The molecule has 0 radical (unpaired) electrons. The van der Waals surface area contributed by atoms with Crippen molar-refractivity contribution in [3.63, 3.8) is 0 Å². The molecule has 1 saturated carbocycles. The smallest absolute Gasteiger partial charge is 0.405 e.